The number of imidazole rings is 2. The van der Waals surface area contributed by atoms with Crippen LogP contribution < -0.4 is 5.69 Å². The summed E-state index contributed by atoms with van der Waals surface area (Å²) in [4.78, 5) is 18.6. The molecule has 4 aromatic rings. The summed E-state index contributed by atoms with van der Waals surface area (Å²) in [6.07, 6.45) is 4.69. The molecular formula is C16H11FN4O2. The molecule has 1 aromatic carbocycles. The summed E-state index contributed by atoms with van der Waals surface area (Å²) in [5, 5.41) is 9.74. The number of aromatic nitrogens is 4. The maximum absolute atomic E-state index is 13.0. The second-order valence-corrected chi connectivity index (χ2v) is 5.07. The molecule has 0 aliphatic heterocycles. The first-order chi connectivity index (χ1) is 11.1. The van der Waals surface area contributed by atoms with Crippen molar-refractivity contribution in [2.45, 2.75) is 0 Å². The van der Waals surface area contributed by atoms with Gasteiger partial charge in [-0.2, -0.15) is 0 Å². The summed E-state index contributed by atoms with van der Waals surface area (Å²) in [6.45, 7) is 0. The van der Waals surface area contributed by atoms with E-state index in [1.54, 1.807) is 41.1 Å². The molecule has 3 aromatic heterocycles. The first-order valence-electron chi connectivity index (χ1n) is 6.86. The first kappa shape index (κ1) is 13.3. The minimum Gasteiger partial charge on any atom is -0.493 e. The van der Waals surface area contributed by atoms with Crippen molar-refractivity contribution in [2.24, 2.45) is 0 Å². The number of aromatic hydroxyl groups is 1. The van der Waals surface area contributed by atoms with Crippen molar-refractivity contribution in [1.29, 1.82) is 0 Å². The Balaban J connectivity index is 1.84. The lowest BCUT2D eigenvalue weighted by Crippen LogP contribution is -2.14. The summed E-state index contributed by atoms with van der Waals surface area (Å²) in [5.74, 6) is -0.477. The van der Waals surface area contributed by atoms with Crippen molar-refractivity contribution in [3.8, 4) is 22.8 Å². The van der Waals surface area contributed by atoms with Crippen LogP contribution in [0.4, 0.5) is 4.39 Å². The van der Waals surface area contributed by atoms with E-state index < -0.39 is 5.69 Å². The highest BCUT2D eigenvalue weighted by Gasteiger charge is 2.10. The van der Waals surface area contributed by atoms with Crippen LogP contribution >= 0.6 is 0 Å². The Bertz CT molecular complexity index is 1060. The highest BCUT2D eigenvalue weighted by molar-refractivity contribution is 5.63. The Hall–Kier alpha value is -3.35. The number of pyridine rings is 1. The second-order valence-electron chi connectivity index (χ2n) is 5.07. The average Bonchev–Trinajstić information content (AvgIpc) is 3.10. The quantitative estimate of drug-likeness (QED) is 0.596. The highest BCUT2D eigenvalue weighted by Crippen LogP contribution is 2.21. The van der Waals surface area contributed by atoms with Crippen LogP contribution in [-0.4, -0.2) is 24.0 Å². The van der Waals surface area contributed by atoms with Crippen LogP contribution in [0.1, 0.15) is 0 Å². The Labute approximate surface area is 129 Å². The molecule has 0 saturated heterocycles. The standard InChI is InChI=1S/C16H11FN4O2/c17-11-3-1-10(2-4-11)13-9-20-8-12(5-6-14(20)19-13)21-15(22)7-18-16(21)23/h1-9,22H,(H,18,23). The lowest BCUT2D eigenvalue weighted by atomic mass is 10.2. The van der Waals surface area contributed by atoms with Gasteiger partial charge in [-0.3, -0.25) is 0 Å². The molecule has 0 amide bonds. The number of aromatic amines is 1. The van der Waals surface area contributed by atoms with E-state index in [4.69, 9.17) is 0 Å². The zero-order chi connectivity index (χ0) is 16.0. The van der Waals surface area contributed by atoms with Gasteiger partial charge in [-0.05, 0) is 36.4 Å². The maximum atomic E-state index is 13.0. The number of nitrogens with zero attached hydrogens (tertiary/aromatic N) is 3. The molecule has 0 fully saturated rings. The topological polar surface area (TPSA) is 75.3 Å². The van der Waals surface area contributed by atoms with E-state index in [1.165, 1.54) is 18.3 Å². The lowest BCUT2D eigenvalue weighted by molar-refractivity contribution is 0.441. The third kappa shape index (κ3) is 2.18. The molecule has 3 heterocycles. The molecule has 2 N–H and O–H groups in total. The predicted octanol–water partition coefficient (Wildman–Crippen LogP) is 2.33. The van der Waals surface area contributed by atoms with E-state index in [0.717, 1.165) is 10.1 Å². The smallest absolute Gasteiger partial charge is 0.333 e. The number of hydrogen-bond donors (Lipinski definition) is 2. The molecule has 23 heavy (non-hydrogen) atoms. The van der Waals surface area contributed by atoms with Crippen LogP contribution in [0, 0.1) is 5.82 Å². The fraction of sp³-hybridized carbons (Fsp3) is 0. The normalized spacial score (nSPS) is 11.2. The summed E-state index contributed by atoms with van der Waals surface area (Å²) >= 11 is 0. The maximum Gasteiger partial charge on any atom is 0.333 e. The van der Waals surface area contributed by atoms with E-state index >= 15 is 0 Å². The summed E-state index contributed by atoms with van der Waals surface area (Å²) in [6, 6.07) is 9.48. The highest BCUT2D eigenvalue weighted by atomic mass is 19.1. The van der Waals surface area contributed by atoms with Crippen molar-refractivity contribution in [2.75, 3.05) is 0 Å². The van der Waals surface area contributed by atoms with Crippen LogP contribution in [-0.2, 0) is 0 Å². The van der Waals surface area contributed by atoms with Gasteiger partial charge in [0.05, 0.1) is 17.6 Å². The largest absolute Gasteiger partial charge is 0.493 e. The first-order valence-corrected chi connectivity index (χ1v) is 6.86. The molecule has 4 rings (SSSR count). The van der Waals surface area contributed by atoms with Gasteiger partial charge in [-0.1, -0.05) is 0 Å². The van der Waals surface area contributed by atoms with Crippen LogP contribution in [0.15, 0.2) is 59.8 Å². The van der Waals surface area contributed by atoms with Gasteiger partial charge in [-0.25, -0.2) is 18.7 Å². The molecule has 0 unspecified atom stereocenters. The van der Waals surface area contributed by atoms with Crippen LogP contribution in [0.3, 0.4) is 0 Å². The minimum absolute atomic E-state index is 0.173. The van der Waals surface area contributed by atoms with Crippen molar-refractivity contribution in [1.82, 2.24) is 18.9 Å². The number of rotatable bonds is 2. The third-order valence-corrected chi connectivity index (χ3v) is 3.59. The van der Waals surface area contributed by atoms with E-state index in [0.29, 0.717) is 17.0 Å². The van der Waals surface area contributed by atoms with E-state index in [-0.39, 0.29) is 11.7 Å². The van der Waals surface area contributed by atoms with E-state index in [2.05, 4.69) is 9.97 Å². The molecule has 0 saturated carbocycles. The minimum atomic E-state index is -0.430. The molecule has 0 radical (unpaired) electrons. The molecular weight excluding hydrogens is 299 g/mol. The van der Waals surface area contributed by atoms with Gasteiger partial charge in [0.1, 0.15) is 11.5 Å². The molecule has 0 aliphatic carbocycles. The Morgan fingerprint density at radius 3 is 2.57 bits per heavy atom. The summed E-state index contributed by atoms with van der Waals surface area (Å²) in [7, 11) is 0. The Morgan fingerprint density at radius 2 is 1.87 bits per heavy atom. The van der Waals surface area contributed by atoms with Gasteiger partial charge in [-0.15, -0.1) is 0 Å². The predicted molar refractivity (Wildman–Crippen MR) is 82.2 cm³/mol. The number of hydrogen-bond acceptors (Lipinski definition) is 3. The van der Waals surface area contributed by atoms with E-state index in [1.807, 2.05) is 0 Å². The van der Waals surface area contributed by atoms with Gasteiger partial charge < -0.3 is 14.5 Å². The van der Waals surface area contributed by atoms with Crippen LogP contribution in [0.5, 0.6) is 5.88 Å². The number of fused-ring (bicyclic) bond motifs is 1. The van der Waals surface area contributed by atoms with Gasteiger partial charge in [0.15, 0.2) is 0 Å². The monoisotopic (exact) mass is 310 g/mol. The molecule has 6 nitrogen and oxygen atoms in total. The van der Waals surface area contributed by atoms with Gasteiger partial charge in [0, 0.05) is 18.0 Å². The van der Waals surface area contributed by atoms with E-state index in [9.17, 15) is 14.3 Å². The van der Waals surface area contributed by atoms with Gasteiger partial charge in [0.25, 0.3) is 0 Å². The van der Waals surface area contributed by atoms with Gasteiger partial charge in [0.2, 0.25) is 5.88 Å². The fourth-order valence-corrected chi connectivity index (χ4v) is 2.48. The number of H-pyrrole nitrogens is 1. The Kier molecular flexibility index (Phi) is 2.80. The zero-order valence-electron chi connectivity index (χ0n) is 11.8. The zero-order valence-corrected chi connectivity index (χ0v) is 11.8. The number of benzene rings is 1. The molecule has 0 spiro atoms. The molecule has 114 valence electrons. The SMILES string of the molecule is O=c1[nH]cc(O)n1-c1ccc2nc(-c3ccc(F)cc3)cn2c1. The third-order valence-electron chi connectivity index (χ3n) is 3.59. The average molecular weight is 310 g/mol. The number of halogens is 1. The van der Waals surface area contributed by atoms with Crippen molar-refractivity contribution >= 4 is 5.65 Å². The summed E-state index contributed by atoms with van der Waals surface area (Å²) in [5.41, 5.74) is 2.23. The van der Waals surface area contributed by atoms with Gasteiger partial charge >= 0.3 is 5.69 Å². The Morgan fingerprint density at radius 1 is 1.09 bits per heavy atom. The second kappa shape index (κ2) is 4.84. The van der Waals surface area contributed by atoms with Crippen molar-refractivity contribution in [3.05, 3.63) is 71.3 Å². The molecule has 0 atom stereocenters. The molecule has 7 heteroatoms. The van der Waals surface area contributed by atoms with Crippen molar-refractivity contribution in [3.63, 3.8) is 0 Å². The lowest BCUT2D eigenvalue weighted by Gasteiger charge is -2.03. The van der Waals surface area contributed by atoms with Crippen molar-refractivity contribution < 1.29 is 9.50 Å². The molecule has 0 bridgehead atoms. The van der Waals surface area contributed by atoms with Crippen LogP contribution in [0.25, 0.3) is 22.6 Å². The summed E-state index contributed by atoms with van der Waals surface area (Å²) < 4.78 is 15.9. The van der Waals surface area contributed by atoms with Crippen LogP contribution in [0.2, 0.25) is 0 Å². The fourth-order valence-electron chi connectivity index (χ4n) is 2.48. The number of nitrogens with one attached hydrogen (secondary N) is 1. The molecule has 0 aliphatic rings.